The minimum atomic E-state index is -0.357. The number of hydrogen-bond acceptors (Lipinski definition) is 6. The number of benzene rings is 8. The van der Waals surface area contributed by atoms with E-state index < -0.39 is 0 Å². The summed E-state index contributed by atoms with van der Waals surface area (Å²) < 4.78 is 16.7. The van der Waals surface area contributed by atoms with E-state index in [0.29, 0.717) is 0 Å². The Labute approximate surface area is 821 Å². The SMILES string of the molecule is Cc1cc2c3c(c1)N(c1ccc4c(c1C)C(C)(C)CCC4(C)C)c1c(oc4c1C(C)(C)CCC4(C)C)B3c1cc3c(cc1N2c1cc2c(cc1C)C(C)(C)CCC2(C)C)C(C)(C)CCC3(C)CCC(C)(C)c1cc2c3c(c1)N(c1ccc4c(c1C)C(C)(C)CCC4(C)C)c1c(oc4c1C(C)(C)CCC4(C)C)B3c1cc3c(cc1N2c1ccc2c(c1)C(C)(C)CCC2(C)C)C(C)(C)CCC3(C)C. The second-order valence-electron chi connectivity index (χ2n) is 57.7. The summed E-state index contributed by atoms with van der Waals surface area (Å²) in [5, 5.41) is 0. The van der Waals surface area contributed by atoms with Crippen LogP contribution in [0, 0.1) is 27.7 Å². The van der Waals surface area contributed by atoms with Crippen LogP contribution >= 0.6 is 0 Å². The fraction of sp³-hybridized carbons (Fsp3) is 0.562. The fourth-order valence-corrected chi connectivity index (χ4v) is 30.3. The van der Waals surface area contributed by atoms with Crippen LogP contribution in [-0.4, -0.2) is 13.4 Å². The second kappa shape index (κ2) is 28.3. The van der Waals surface area contributed by atoms with Gasteiger partial charge < -0.3 is 28.4 Å². The topological polar surface area (TPSA) is 39.2 Å². The average molecular weight is 1810 g/mol. The molecule has 0 bridgehead atoms. The van der Waals surface area contributed by atoms with E-state index in [9.17, 15) is 0 Å². The van der Waals surface area contributed by atoms with E-state index in [2.05, 4.69) is 379 Å². The molecule has 0 radical (unpaired) electrons. The molecular weight excluding hydrogens is 1650 g/mol. The van der Waals surface area contributed by atoms with Crippen LogP contribution in [0.3, 0.4) is 0 Å². The molecule has 714 valence electrons. The number of anilines is 12. The van der Waals surface area contributed by atoms with Crippen molar-refractivity contribution in [1.82, 2.24) is 0 Å². The molecule has 10 aromatic rings. The van der Waals surface area contributed by atoms with Gasteiger partial charge >= 0.3 is 0 Å². The maximum Gasteiger partial charge on any atom is 0.297 e. The van der Waals surface area contributed by atoms with E-state index in [1.54, 1.807) is 0 Å². The summed E-state index contributed by atoms with van der Waals surface area (Å²) in [6, 6.07) is 45.4. The quantitative estimate of drug-likeness (QED) is 0.141. The Bertz CT molecular complexity index is 6860. The molecule has 1 atom stereocenters. The van der Waals surface area contributed by atoms with Crippen molar-refractivity contribution in [3.8, 4) is 0 Å². The molecule has 4 aliphatic heterocycles. The van der Waals surface area contributed by atoms with Crippen LogP contribution in [0.5, 0.6) is 0 Å². The number of furan rings is 2. The monoisotopic (exact) mass is 1810 g/mol. The summed E-state index contributed by atoms with van der Waals surface area (Å²) in [6.45, 7) is 93.5. The van der Waals surface area contributed by atoms with Gasteiger partial charge in [-0.3, -0.25) is 0 Å². The molecule has 136 heavy (non-hydrogen) atoms. The van der Waals surface area contributed by atoms with Gasteiger partial charge in [0.25, 0.3) is 13.4 Å². The summed E-state index contributed by atoms with van der Waals surface area (Å²) >= 11 is 0. The average Bonchev–Trinajstić information content (AvgIpc) is 1.45. The van der Waals surface area contributed by atoms with Gasteiger partial charge in [0.15, 0.2) is 0 Å². The van der Waals surface area contributed by atoms with Crippen LogP contribution in [0.1, 0.15) is 461 Å². The van der Waals surface area contributed by atoms with Crippen LogP contribution in [-0.2, 0) is 92.1 Å². The molecule has 0 saturated heterocycles. The summed E-state index contributed by atoms with van der Waals surface area (Å²) in [6.07, 6.45) is 20.0. The lowest BCUT2D eigenvalue weighted by Gasteiger charge is -2.49. The van der Waals surface area contributed by atoms with Crippen LogP contribution in [0.2, 0.25) is 0 Å². The third-order valence-electron chi connectivity index (χ3n) is 40.5. The van der Waals surface area contributed by atoms with Gasteiger partial charge in [-0.15, -0.1) is 0 Å². The highest BCUT2D eigenvalue weighted by molar-refractivity contribution is 7.00. The van der Waals surface area contributed by atoms with Gasteiger partial charge in [0.1, 0.15) is 11.5 Å². The largest absolute Gasteiger partial charge is 0.472 e. The molecule has 6 nitrogen and oxygen atoms in total. The molecule has 0 spiro atoms. The van der Waals surface area contributed by atoms with Crippen molar-refractivity contribution in [3.05, 3.63) is 220 Å². The van der Waals surface area contributed by atoms with Crippen LogP contribution in [0.25, 0.3) is 0 Å². The Morgan fingerprint density at radius 3 is 1.03 bits per heavy atom. The van der Waals surface area contributed by atoms with Crippen LogP contribution < -0.4 is 52.8 Å². The number of aryl methyl sites for hydroxylation is 2. The van der Waals surface area contributed by atoms with Gasteiger partial charge in [-0.2, -0.15) is 0 Å². The van der Waals surface area contributed by atoms with E-state index >= 15 is 0 Å². The van der Waals surface area contributed by atoms with E-state index in [1.807, 2.05) is 0 Å². The van der Waals surface area contributed by atoms with E-state index in [4.69, 9.17) is 8.83 Å². The molecule has 0 amide bonds. The normalized spacial score (nSPS) is 24.0. The summed E-state index contributed by atoms with van der Waals surface area (Å²) in [5.74, 6) is 2.37. The minimum Gasteiger partial charge on any atom is -0.472 e. The Morgan fingerprint density at radius 1 is 0.272 bits per heavy atom. The smallest absolute Gasteiger partial charge is 0.297 e. The molecule has 0 N–H and O–H groups in total. The van der Waals surface area contributed by atoms with Crippen molar-refractivity contribution in [2.45, 2.75) is 464 Å². The van der Waals surface area contributed by atoms with Crippen molar-refractivity contribution >= 4 is 115 Å². The van der Waals surface area contributed by atoms with Crippen LogP contribution in [0.4, 0.5) is 68.2 Å². The van der Waals surface area contributed by atoms with E-state index in [1.165, 1.54) is 227 Å². The lowest BCUT2D eigenvalue weighted by molar-refractivity contribution is 0.272. The predicted octanol–water partition coefficient (Wildman–Crippen LogP) is 31.8. The molecule has 8 heteroatoms. The number of rotatable bonds is 8. The summed E-state index contributed by atoms with van der Waals surface area (Å²) in [5.41, 5.74) is 49.6. The summed E-state index contributed by atoms with van der Waals surface area (Å²) in [7, 11) is 0. The van der Waals surface area contributed by atoms with Crippen molar-refractivity contribution in [2.24, 2.45) is 0 Å². The first-order valence-electron chi connectivity index (χ1n) is 53.7. The van der Waals surface area contributed by atoms with Crippen molar-refractivity contribution in [3.63, 3.8) is 0 Å². The highest BCUT2D eigenvalue weighted by Gasteiger charge is 2.60. The first kappa shape index (κ1) is 92.7. The molecule has 8 aromatic carbocycles. The molecule has 12 aliphatic rings. The Hall–Kier alpha value is -8.35. The zero-order valence-corrected chi connectivity index (χ0v) is 91.3. The first-order chi connectivity index (χ1) is 62.8. The highest BCUT2D eigenvalue weighted by Crippen LogP contribution is 2.65. The molecule has 2 aromatic heterocycles. The third-order valence-corrected chi connectivity index (χ3v) is 40.5. The lowest BCUT2D eigenvalue weighted by atomic mass is 9.34. The maximum absolute atomic E-state index is 8.34. The van der Waals surface area contributed by atoms with E-state index in [0.717, 1.165) is 108 Å². The van der Waals surface area contributed by atoms with Gasteiger partial charge in [-0.05, 0) is 408 Å². The van der Waals surface area contributed by atoms with Gasteiger partial charge in [-0.1, -0.05) is 265 Å². The Kier molecular flexibility index (Phi) is 19.3. The van der Waals surface area contributed by atoms with Crippen molar-refractivity contribution in [2.75, 3.05) is 19.6 Å². The maximum atomic E-state index is 8.34. The van der Waals surface area contributed by atoms with Gasteiger partial charge in [0.2, 0.25) is 0 Å². The highest BCUT2D eigenvalue weighted by atomic mass is 16.3. The second-order valence-corrected chi connectivity index (χ2v) is 57.7. The molecule has 0 fully saturated rings. The van der Waals surface area contributed by atoms with Crippen molar-refractivity contribution in [1.29, 1.82) is 0 Å². The molecule has 22 rings (SSSR count). The zero-order chi connectivity index (χ0) is 97.6. The molecular formula is C128H164B2N4O2. The van der Waals surface area contributed by atoms with Gasteiger partial charge in [0, 0.05) is 78.8 Å². The Morgan fingerprint density at radius 2 is 0.588 bits per heavy atom. The number of hydrogen-bond donors (Lipinski definition) is 0. The fourth-order valence-electron chi connectivity index (χ4n) is 30.3. The van der Waals surface area contributed by atoms with Crippen molar-refractivity contribution < 1.29 is 8.83 Å². The first-order valence-corrected chi connectivity index (χ1v) is 53.7. The van der Waals surface area contributed by atoms with Crippen LogP contribution in [0.15, 0.2) is 112 Å². The molecule has 0 saturated carbocycles. The predicted molar refractivity (Wildman–Crippen MR) is 583 cm³/mol. The lowest BCUT2D eigenvalue weighted by Crippen LogP contribution is -2.61. The molecule has 1 unspecified atom stereocenters. The minimum absolute atomic E-state index is 0.00793. The summed E-state index contributed by atoms with van der Waals surface area (Å²) in [4.78, 5) is 11.4. The standard InChI is InChI=1S/C128H164B2N4O2/c1-73-62-96-104-97(63-73)133(91-42-40-80-100(75(91)3)122(25,26)52-50-114(80,9)10)106-102-108(126(33,34)56-54-124(102,29)30)135-110(106)130(104)90-69-88-87(72-95(90)132(96)93-70-85-82(64-74(93)2)116(13,14)46-48-119(85,19)20)121(23,24)59-61-128(88,37)60-58-112(5,6)77-65-98-105-99(66-77)134(92-43-41-81-101(76(92)4)123(27,28)53-51-115(81,11)12)107-103-109(127(35,36)57-55-125(103,31)32)136-111(107)129(105)89-68-84-86(120(21,22)49-47-118(84,17)18)71-94(89)131(98)78-38-39-79-83(67-78)117(15,16)45-44-113(79,7)8/h38-43,62-72H,44-61H2,1-37H3. The molecule has 8 aliphatic carbocycles. The zero-order valence-electron chi connectivity index (χ0n) is 91.3. The number of nitrogens with zero attached hydrogens (tertiary/aromatic N) is 4. The number of fused-ring (bicyclic) bond motifs is 18. The molecule has 6 heterocycles. The Balaban J connectivity index is 0.790. The van der Waals surface area contributed by atoms with E-state index in [-0.39, 0.29) is 105 Å². The van der Waals surface area contributed by atoms with Gasteiger partial charge in [0.05, 0.1) is 22.7 Å². The third kappa shape index (κ3) is 13.0. The van der Waals surface area contributed by atoms with Gasteiger partial charge in [-0.25, -0.2) is 0 Å².